The SMILES string of the molecule is CC1(CC(=O)NN=Cc2cn(Cc3ccc(I)cc3)c3ccccc23)SCCS1. The minimum atomic E-state index is -0.0340. The normalized spacial score (nSPS) is 15.9. The van der Waals surface area contributed by atoms with Crippen LogP contribution < -0.4 is 5.43 Å². The van der Waals surface area contributed by atoms with Crippen LogP contribution in [0.4, 0.5) is 0 Å². The Bertz CT molecular complexity index is 1040. The summed E-state index contributed by atoms with van der Waals surface area (Å²) in [5, 5.41) is 5.37. The molecule has 7 heteroatoms. The predicted molar refractivity (Wildman–Crippen MR) is 134 cm³/mol. The first-order valence-corrected chi connectivity index (χ1v) is 12.5. The van der Waals surface area contributed by atoms with Crippen molar-refractivity contribution in [3.8, 4) is 0 Å². The molecule has 0 aliphatic carbocycles. The summed E-state index contributed by atoms with van der Waals surface area (Å²) in [6, 6.07) is 16.9. The van der Waals surface area contributed by atoms with Gasteiger partial charge in [-0.2, -0.15) is 5.10 Å². The molecule has 1 aliphatic rings. The number of para-hydroxylation sites is 1. The first kappa shape index (κ1) is 20.8. The smallest absolute Gasteiger partial charge is 0.242 e. The zero-order valence-electron chi connectivity index (χ0n) is 16.1. The zero-order chi connectivity index (χ0) is 20.3. The van der Waals surface area contributed by atoms with Gasteiger partial charge in [0, 0.05) is 44.3 Å². The Morgan fingerprint density at radius 2 is 1.93 bits per heavy atom. The topological polar surface area (TPSA) is 46.4 Å². The Labute approximate surface area is 193 Å². The maximum absolute atomic E-state index is 12.3. The summed E-state index contributed by atoms with van der Waals surface area (Å²) in [5.74, 6) is 2.18. The highest BCUT2D eigenvalue weighted by Crippen LogP contribution is 2.45. The maximum atomic E-state index is 12.3. The van der Waals surface area contributed by atoms with Gasteiger partial charge in [0.1, 0.15) is 0 Å². The van der Waals surface area contributed by atoms with Crippen molar-refractivity contribution in [3.63, 3.8) is 0 Å². The second-order valence-corrected chi connectivity index (χ2v) is 11.9. The van der Waals surface area contributed by atoms with Crippen molar-refractivity contribution in [1.82, 2.24) is 9.99 Å². The molecule has 2 heterocycles. The van der Waals surface area contributed by atoms with E-state index in [9.17, 15) is 4.79 Å². The molecule has 1 amide bonds. The van der Waals surface area contributed by atoms with E-state index >= 15 is 0 Å². The lowest BCUT2D eigenvalue weighted by Gasteiger charge is -2.19. The van der Waals surface area contributed by atoms with E-state index < -0.39 is 0 Å². The standard InChI is InChI=1S/C22H22IN3OS2/c1-22(28-10-11-29-22)12-21(27)25-24-13-17-15-26(20-5-3-2-4-19(17)20)14-16-6-8-18(23)9-7-16/h2-9,13,15H,10-12,14H2,1H3,(H,25,27). The molecule has 0 atom stereocenters. The molecule has 1 N–H and O–H groups in total. The van der Waals surface area contributed by atoms with Crippen molar-refractivity contribution in [2.24, 2.45) is 5.10 Å². The third-order valence-corrected chi connectivity index (χ3v) is 8.87. The predicted octanol–water partition coefficient (Wildman–Crippen LogP) is 5.33. The van der Waals surface area contributed by atoms with Crippen LogP contribution in [0.1, 0.15) is 24.5 Å². The van der Waals surface area contributed by atoms with Gasteiger partial charge in [-0.1, -0.05) is 30.3 Å². The molecule has 0 radical (unpaired) electrons. The fraction of sp³-hybridized carbons (Fsp3) is 0.273. The van der Waals surface area contributed by atoms with Crippen LogP contribution in [0.25, 0.3) is 10.9 Å². The Hall–Kier alpha value is -1.45. The van der Waals surface area contributed by atoms with Gasteiger partial charge in [0.05, 0.1) is 16.7 Å². The molecule has 1 saturated heterocycles. The van der Waals surface area contributed by atoms with Crippen LogP contribution in [-0.4, -0.2) is 32.3 Å². The van der Waals surface area contributed by atoms with E-state index in [1.807, 2.05) is 35.7 Å². The van der Waals surface area contributed by atoms with Crippen LogP contribution in [0.15, 0.2) is 59.8 Å². The number of fused-ring (bicyclic) bond motifs is 1. The van der Waals surface area contributed by atoms with Gasteiger partial charge in [-0.05, 0) is 53.3 Å². The Morgan fingerprint density at radius 1 is 1.21 bits per heavy atom. The van der Waals surface area contributed by atoms with Crippen molar-refractivity contribution in [2.75, 3.05) is 11.5 Å². The van der Waals surface area contributed by atoms with E-state index in [0.717, 1.165) is 34.5 Å². The molecule has 29 heavy (non-hydrogen) atoms. The minimum Gasteiger partial charge on any atom is -0.342 e. The third kappa shape index (κ3) is 5.19. The number of nitrogens with one attached hydrogen (secondary N) is 1. The number of thioether (sulfide) groups is 2. The molecule has 2 aromatic carbocycles. The first-order chi connectivity index (χ1) is 14.0. The van der Waals surface area contributed by atoms with Gasteiger partial charge >= 0.3 is 0 Å². The zero-order valence-corrected chi connectivity index (χ0v) is 19.9. The second kappa shape index (κ2) is 9.14. The number of benzene rings is 2. The third-order valence-electron chi connectivity index (χ3n) is 4.86. The lowest BCUT2D eigenvalue weighted by atomic mass is 10.2. The Kier molecular flexibility index (Phi) is 6.56. The van der Waals surface area contributed by atoms with Gasteiger partial charge in [-0.3, -0.25) is 4.79 Å². The van der Waals surface area contributed by atoms with E-state index in [2.05, 4.69) is 87.2 Å². The molecule has 0 saturated carbocycles. The van der Waals surface area contributed by atoms with Gasteiger partial charge in [0.15, 0.2) is 0 Å². The molecule has 4 rings (SSSR count). The lowest BCUT2D eigenvalue weighted by molar-refractivity contribution is -0.121. The summed E-state index contributed by atoms with van der Waals surface area (Å²) < 4.78 is 3.44. The summed E-state index contributed by atoms with van der Waals surface area (Å²) >= 11 is 6.03. The Balaban J connectivity index is 1.49. The summed E-state index contributed by atoms with van der Waals surface area (Å²) in [7, 11) is 0. The lowest BCUT2D eigenvalue weighted by Crippen LogP contribution is -2.26. The number of hydrogen-bond donors (Lipinski definition) is 1. The van der Waals surface area contributed by atoms with E-state index in [4.69, 9.17) is 0 Å². The largest absolute Gasteiger partial charge is 0.342 e. The second-order valence-electron chi connectivity index (χ2n) is 7.16. The maximum Gasteiger partial charge on any atom is 0.242 e. The molecule has 4 nitrogen and oxygen atoms in total. The average molecular weight is 535 g/mol. The number of hydrogen-bond acceptors (Lipinski definition) is 4. The van der Waals surface area contributed by atoms with Crippen molar-refractivity contribution in [3.05, 3.63) is 69.4 Å². The highest BCUT2D eigenvalue weighted by atomic mass is 127. The van der Waals surface area contributed by atoms with Crippen LogP contribution in [0, 0.1) is 3.57 Å². The van der Waals surface area contributed by atoms with Crippen LogP contribution in [-0.2, 0) is 11.3 Å². The number of halogens is 1. The van der Waals surface area contributed by atoms with Crippen LogP contribution in [0.3, 0.4) is 0 Å². The average Bonchev–Trinajstić information content (AvgIpc) is 3.28. The summed E-state index contributed by atoms with van der Waals surface area (Å²) in [5.41, 5.74) is 6.12. The van der Waals surface area contributed by atoms with Crippen molar-refractivity contribution in [1.29, 1.82) is 0 Å². The molecular formula is C22H22IN3OS2. The monoisotopic (exact) mass is 535 g/mol. The van der Waals surface area contributed by atoms with E-state index in [0.29, 0.717) is 6.42 Å². The fourth-order valence-electron chi connectivity index (χ4n) is 3.46. The summed E-state index contributed by atoms with van der Waals surface area (Å²) in [6.07, 6.45) is 4.33. The van der Waals surface area contributed by atoms with Crippen LogP contribution in [0.5, 0.6) is 0 Å². The van der Waals surface area contributed by atoms with E-state index in [1.165, 1.54) is 9.13 Å². The van der Waals surface area contributed by atoms with Gasteiger partial charge in [-0.25, -0.2) is 5.43 Å². The van der Waals surface area contributed by atoms with Crippen LogP contribution in [0.2, 0.25) is 0 Å². The van der Waals surface area contributed by atoms with Crippen molar-refractivity contribution in [2.45, 2.75) is 24.0 Å². The van der Waals surface area contributed by atoms with E-state index in [-0.39, 0.29) is 9.99 Å². The number of nitrogens with zero attached hydrogens (tertiary/aromatic N) is 2. The van der Waals surface area contributed by atoms with Gasteiger partial charge in [0.2, 0.25) is 5.91 Å². The summed E-state index contributed by atoms with van der Waals surface area (Å²) in [4.78, 5) is 12.3. The van der Waals surface area contributed by atoms with Gasteiger partial charge in [0.25, 0.3) is 0 Å². The van der Waals surface area contributed by atoms with E-state index in [1.54, 1.807) is 6.21 Å². The molecule has 1 aliphatic heterocycles. The van der Waals surface area contributed by atoms with Crippen molar-refractivity contribution >= 4 is 69.1 Å². The Morgan fingerprint density at radius 3 is 2.69 bits per heavy atom. The molecule has 1 aromatic heterocycles. The molecule has 1 fully saturated rings. The number of carbonyl (C=O) groups excluding carboxylic acids is 1. The van der Waals surface area contributed by atoms with Crippen LogP contribution >= 0.6 is 46.1 Å². The number of rotatable bonds is 6. The molecule has 0 spiro atoms. The molecular weight excluding hydrogens is 513 g/mol. The fourth-order valence-corrected chi connectivity index (χ4v) is 6.65. The molecule has 0 unspecified atom stereocenters. The summed E-state index contributed by atoms with van der Waals surface area (Å²) in [6.45, 7) is 2.93. The highest BCUT2D eigenvalue weighted by Gasteiger charge is 2.32. The molecule has 0 bridgehead atoms. The molecule has 3 aromatic rings. The first-order valence-electron chi connectivity index (χ1n) is 9.45. The quantitative estimate of drug-likeness (QED) is 0.264. The highest BCUT2D eigenvalue weighted by molar-refractivity contribution is 14.1. The molecule has 150 valence electrons. The number of amides is 1. The number of hydrazone groups is 1. The number of carbonyl (C=O) groups is 1. The van der Waals surface area contributed by atoms with Gasteiger partial charge in [-0.15, -0.1) is 23.5 Å². The minimum absolute atomic E-state index is 0.0247. The van der Waals surface area contributed by atoms with Crippen molar-refractivity contribution < 1.29 is 4.79 Å². The van der Waals surface area contributed by atoms with Gasteiger partial charge < -0.3 is 4.57 Å². The number of aromatic nitrogens is 1.